The van der Waals surface area contributed by atoms with Gasteiger partial charge in [-0.25, -0.2) is 4.79 Å². The van der Waals surface area contributed by atoms with Crippen molar-refractivity contribution >= 4 is 11.9 Å². The molecule has 1 aliphatic rings. The first-order valence-electron chi connectivity index (χ1n) is 7.85. The Morgan fingerprint density at radius 3 is 2.57 bits per heavy atom. The van der Waals surface area contributed by atoms with Crippen LogP contribution in [0.2, 0.25) is 0 Å². The van der Waals surface area contributed by atoms with Crippen molar-refractivity contribution in [2.45, 2.75) is 33.2 Å². The molecule has 0 spiro atoms. The van der Waals surface area contributed by atoms with Gasteiger partial charge in [0.25, 0.3) is 0 Å². The molecule has 0 bridgehead atoms. The summed E-state index contributed by atoms with van der Waals surface area (Å²) in [4.78, 5) is 24.1. The van der Waals surface area contributed by atoms with E-state index in [4.69, 9.17) is 14.2 Å². The van der Waals surface area contributed by atoms with E-state index in [0.717, 1.165) is 5.56 Å². The molecule has 23 heavy (non-hydrogen) atoms. The Morgan fingerprint density at radius 1 is 1.22 bits per heavy atom. The number of amides is 1. The lowest BCUT2D eigenvalue weighted by atomic mass is 10.0. The SMILES string of the molecule is CCOC(=O)[C@H](NC(=O)Cc1ccc2c(c1)OCCO2)C(C)C. The van der Waals surface area contributed by atoms with Crippen molar-refractivity contribution in [1.82, 2.24) is 5.32 Å². The number of esters is 1. The average molecular weight is 321 g/mol. The van der Waals surface area contributed by atoms with E-state index in [0.29, 0.717) is 31.3 Å². The molecule has 126 valence electrons. The van der Waals surface area contributed by atoms with Gasteiger partial charge in [0.05, 0.1) is 13.0 Å². The van der Waals surface area contributed by atoms with E-state index in [2.05, 4.69) is 5.32 Å². The summed E-state index contributed by atoms with van der Waals surface area (Å²) in [6.45, 7) is 6.80. The fraction of sp³-hybridized carbons (Fsp3) is 0.529. The van der Waals surface area contributed by atoms with Crippen molar-refractivity contribution in [3.8, 4) is 11.5 Å². The lowest BCUT2D eigenvalue weighted by Gasteiger charge is -2.21. The minimum atomic E-state index is -0.639. The van der Waals surface area contributed by atoms with Crippen LogP contribution >= 0.6 is 0 Å². The van der Waals surface area contributed by atoms with E-state index in [1.807, 2.05) is 19.9 Å². The fourth-order valence-corrected chi connectivity index (χ4v) is 2.34. The maximum absolute atomic E-state index is 12.2. The number of nitrogens with one attached hydrogen (secondary N) is 1. The molecule has 1 aromatic rings. The molecule has 0 saturated heterocycles. The zero-order chi connectivity index (χ0) is 16.8. The monoisotopic (exact) mass is 321 g/mol. The summed E-state index contributed by atoms with van der Waals surface area (Å²) in [5.41, 5.74) is 0.804. The highest BCUT2D eigenvalue weighted by Crippen LogP contribution is 2.30. The molecular weight excluding hydrogens is 298 g/mol. The van der Waals surface area contributed by atoms with Crippen molar-refractivity contribution in [2.75, 3.05) is 19.8 Å². The predicted octanol–water partition coefficient (Wildman–Crippen LogP) is 1.70. The Labute approximate surface area is 136 Å². The van der Waals surface area contributed by atoms with E-state index < -0.39 is 12.0 Å². The summed E-state index contributed by atoms with van der Waals surface area (Å²) in [5, 5.41) is 2.74. The third-order valence-electron chi connectivity index (χ3n) is 3.49. The zero-order valence-corrected chi connectivity index (χ0v) is 13.8. The number of hydrogen-bond donors (Lipinski definition) is 1. The van der Waals surface area contributed by atoms with Gasteiger partial charge in [-0.1, -0.05) is 19.9 Å². The normalized spacial score (nSPS) is 14.3. The highest BCUT2D eigenvalue weighted by molar-refractivity contribution is 5.85. The molecule has 2 rings (SSSR count). The van der Waals surface area contributed by atoms with Gasteiger partial charge in [0, 0.05) is 0 Å². The molecular formula is C17H23NO5. The minimum absolute atomic E-state index is 0.0433. The Hall–Kier alpha value is -2.24. The van der Waals surface area contributed by atoms with E-state index >= 15 is 0 Å². The Morgan fingerprint density at radius 2 is 1.91 bits per heavy atom. The number of ether oxygens (including phenoxy) is 3. The Balaban J connectivity index is 1.99. The van der Waals surface area contributed by atoms with Crippen LogP contribution in [0.4, 0.5) is 0 Å². The molecule has 0 aliphatic carbocycles. The van der Waals surface area contributed by atoms with Crippen LogP contribution in [0.25, 0.3) is 0 Å². The lowest BCUT2D eigenvalue weighted by Crippen LogP contribution is -2.45. The van der Waals surface area contributed by atoms with Crippen LogP contribution < -0.4 is 14.8 Å². The average Bonchev–Trinajstić information content (AvgIpc) is 2.52. The van der Waals surface area contributed by atoms with Gasteiger partial charge in [0.1, 0.15) is 19.3 Å². The number of fused-ring (bicyclic) bond motifs is 1. The third kappa shape index (κ3) is 4.61. The molecule has 1 aliphatic heterocycles. The number of carbonyl (C=O) groups is 2. The number of hydrogen-bond acceptors (Lipinski definition) is 5. The second kappa shape index (κ2) is 7.85. The van der Waals surface area contributed by atoms with Crippen LogP contribution in [0, 0.1) is 5.92 Å². The van der Waals surface area contributed by atoms with Crippen molar-refractivity contribution in [1.29, 1.82) is 0 Å². The first-order valence-corrected chi connectivity index (χ1v) is 7.85. The lowest BCUT2D eigenvalue weighted by molar-refractivity contribution is -0.148. The molecule has 0 radical (unpaired) electrons. The van der Waals surface area contributed by atoms with E-state index in [-0.39, 0.29) is 18.2 Å². The molecule has 0 unspecified atom stereocenters. The maximum atomic E-state index is 12.2. The Kier molecular flexibility index (Phi) is 5.84. The van der Waals surface area contributed by atoms with Gasteiger partial charge in [-0.05, 0) is 30.5 Å². The topological polar surface area (TPSA) is 73.9 Å². The zero-order valence-electron chi connectivity index (χ0n) is 13.8. The van der Waals surface area contributed by atoms with Gasteiger partial charge in [-0.15, -0.1) is 0 Å². The predicted molar refractivity (Wildman–Crippen MR) is 84.5 cm³/mol. The van der Waals surface area contributed by atoms with Crippen LogP contribution in [0.15, 0.2) is 18.2 Å². The number of rotatable bonds is 6. The van der Waals surface area contributed by atoms with Gasteiger partial charge in [0.2, 0.25) is 5.91 Å². The van der Waals surface area contributed by atoms with Gasteiger partial charge in [0.15, 0.2) is 11.5 Å². The van der Waals surface area contributed by atoms with Gasteiger partial charge >= 0.3 is 5.97 Å². The quantitative estimate of drug-likeness (QED) is 0.807. The first kappa shape index (κ1) is 17.1. The Bertz CT molecular complexity index is 570. The van der Waals surface area contributed by atoms with Gasteiger partial charge in [-0.2, -0.15) is 0 Å². The summed E-state index contributed by atoms with van der Waals surface area (Å²) in [6, 6.07) is 4.77. The molecule has 6 heteroatoms. The highest BCUT2D eigenvalue weighted by atomic mass is 16.6. The maximum Gasteiger partial charge on any atom is 0.328 e. The van der Waals surface area contributed by atoms with E-state index in [1.54, 1.807) is 19.1 Å². The number of carbonyl (C=O) groups excluding carboxylic acids is 2. The van der Waals surface area contributed by atoms with Gasteiger partial charge < -0.3 is 19.5 Å². The van der Waals surface area contributed by atoms with Crippen molar-refractivity contribution < 1.29 is 23.8 Å². The standard InChI is InChI=1S/C17H23NO5/c1-4-21-17(20)16(11(2)3)18-15(19)10-12-5-6-13-14(9-12)23-8-7-22-13/h5-6,9,11,16H,4,7-8,10H2,1-3H3,(H,18,19)/t16-/m1/s1. The molecule has 1 heterocycles. The largest absolute Gasteiger partial charge is 0.486 e. The molecule has 0 saturated carbocycles. The molecule has 6 nitrogen and oxygen atoms in total. The fourth-order valence-electron chi connectivity index (χ4n) is 2.34. The smallest absolute Gasteiger partial charge is 0.328 e. The van der Waals surface area contributed by atoms with E-state index in [9.17, 15) is 9.59 Å². The number of benzene rings is 1. The molecule has 0 fully saturated rings. The van der Waals surface area contributed by atoms with Crippen molar-refractivity contribution in [3.63, 3.8) is 0 Å². The second-order valence-corrected chi connectivity index (χ2v) is 5.70. The molecule has 1 amide bonds. The molecule has 1 aromatic carbocycles. The van der Waals surface area contributed by atoms with Crippen LogP contribution in [0.3, 0.4) is 0 Å². The highest BCUT2D eigenvalue weighted by Gasteiger charge is 2.25. The molecule has 1 N–H and O–H groups in total. The summed E-state index contributed by atoms with van der Waals surface area (Å²) in [6.07, 6.45) is 0.166. The van der Waals surface area contributed by atoms with Gasteiger partial charge in [-0.3, -0.25) is 4.79 Å². The third-order valence-corrected chi connectivity index (χ3v) is 3.49. The van der Waals surface area contributed by atoms with Crippen LogP contribution in [-0.2, 0) is 20.7 Å². The summed E-state index contributed by atoms with van der Waals surface area (Å²) < 4.78 is 16.0. The summed E-state index contributed by atoms with van der Waals surface area (Å²) in [7, 11) is 0. The van der Waals surface area contributed by atoms with Crippen molar-refractivity contribution in [2.24, 2.45) is 5.92 Å². The summed E-state index contributed by atoms with van der Waals surface area (Å²) in [5.74, 6) is 0.657. The molecule has 1 atom stereocenters. The first-order chi connectivity index (χ1) is 11.0. The molecule has 0 aromatic heterocycles. The van der Waals surface area contributed by atoms with Crippen LogP contribution in [0.5, 0.6) is 11.5 Å². The minimum Gasteiger partial charge on any atom is -0.486 e. The van der Waals surface area contributed by atoms with Crippen LogP contribution in [-0.4, -0.2) is 37.7 Å². The van der Waals surface area contributed by atoms with Crippen molar-refractivity contribution in [3.05, 3.63) is 23.8 Å². The van der Waals surface area contributed by atoms with Crippen LogP contribution in [0.1, 0.15) is 26.3 Å². The van der Waals surface area contributed by atoms with E-state index in [1.165, 1.54) is 0 Å². The second-order valence-electron chi connectivity index (χ2n) is 5.70. The summed E-state index contributed by atoms with van der Waals surface area (Å²) >= 11 is 0.